The summed E-state index contributed by atoms with van der Waals surface area (Å²) in [6, 6.07) is 20.2. The van der Waals surface area contributed by atoms with E-state index >= 15 is 0 Å². The minimum atomic E-state index is -4.06. The highest BCUT2D eigenvalue weighted by Crippen LogP contribution is 2.39. The second-order valence-electron chi connectivity index (χ2n) is 7.20. The van der Waals surface area contributed by atoms with Crippen molar-refractivity contribution < 1.29 is 13.2 Å². The molecule has 2 amide bonds. The number of amides is 2. The van der Waals surface area contributed by atoms with Gasteiger partial charge in [0, 0.05) is 0 Å². The molecule has 0 saturated carbocycles. The topological polar surface area (TPSA) is 81.5 Å². The molecule has 0 spiro atoms. The molecule has 0 atom stereocenters. The van der Waals surface area contributed by atoms with E-state index in [2.05, 4.69) is 6.07 Å². The van der Waals surface area contributed by atoms with Gasteiger partial charge in [0.1, 0.15) is 4.90 Å². The maximum atomic E-state index is 13.5. The molecule has 150 valence electrons. The molecule has 0 fully saturated rings. The SMILES string of the molecule is Cc1ccc(C)c(N2C(=O)N(Cc3ccc(C#N)cc3)c3ccccc3S2(=O)=O)c1. The van der Waals surface area contributed by atoms with Crippen LogP contribution in [-0.2, 0) is 16.6 Å². The first-order valence-corrected chi connectivity index (χ1v) is 10.8. The minimum absolute atomic E-state index is 0.0825. The lowest BCUT2D eigenvalue weighted by molar-refractivity contribution is 0.253. The normalized spacial score (nSPS) is 14.9. The zero-order valence-electron chi connectivity index (χ0n) is 16.5. The molecule has 0 unspecified atom stereocenters. The average Bonchev–Trinajstić information content (AvgIpc) is 2.74. The number of fused-ring (bicyclic) bond motifs is 1. The van der Waals surface area contributed by atoms with Crippen molar-refractivity contribution in [1.29, 1.82) is 5.26 Å². The molecule has 3 aromatic carbocycles. The van der Waals surface area contributed by atoms with E-state index < -0.39 is 16.1 Å². The minimum Gasteiger partial charge on any atom is -0.287 e. The highest BCUT2D eigenvalue weighted by molar-refractivity contribution is 7.94. The maximum absolute atomic E-state index is 13.5. The van der Waals surface area contributed by atoms with Crippen LogP contribution in [0.25, 0.3) is 0 Å². The lowest BCUT2D eigenvalue weighted by Crippen LogP contribution is -2.51. The third kappa shape index (κ3) is 3.21. The van der Waals surface area contributed by atoms with Gasteiger partial charge in [-0.15, -0.1) is 0 Å². The number of aryl methyl sites for hydroxylation is 2. The Morgan fingerprint density at radius 1 is 0.933 bits per heavy atom. The largest absolute Gasteiger partial charge is 0.343 e. The van der Waals surface area contributed by atoms with Crippen LogP contribution in [0.1, 0.15) is 22.3 Å². The fraction of sp³-hybridized carbons (Fsp3) is 0.130. The van der Waals surface area contributed by atoms with Gasteiger partial charge in [0.15, 0.2) is 0 Å². The van der Waals surface area contributed by atoms with Crippen molar-refractivity contribution in [2.45, 2.75) is 25.3 Å². The quantitative estimate of drug-likeness (QED) is 0.628. The smallest absolute Gasteiger partial charge is 0.287 e. The van der Waals surface area contributed by atoms with Crippen LogP contribution in [-0.4, -0.2) is 14.4 Å². The van der Waals surface area contributed by atoms with Crippen molar-refractivity contribution in [3.63, 3.8) is 0 Å². The number of urea groups is 1. The summed E-state index contributed by atoms with van der Waals surface area (Å²) >= 11 is 0. The van der Waals surface area contributed by atoms with Crippen molar-refractivity contribution >= 4 is 27.4 Å². The van der Waals surface area contributed by atoms with E-state index in [9.17, 15) is 13.2 Å². The summed E-state index contributed by atoms with van der Waals surface area (Å²) in [4.78, 5) is 15.1. The van der Waals surface area contributed by atoms with E-state index in [1.165, 1.54) is 11.0 Å². The second-order valence-corrected chi connectivity index (χ2v) is 8.96. The Hall–Kier alpha value is -3.63. The first-order valence-electron chi connectivity index (χ1n) is 9.35. The molecular formula is C23H19N3O3S. The fourth-order valence-corrected chi connectivity index (χ4v) is 5.15. The van der Waals surface area contributed by atoms with Crippen LogP contribution < -0.4 is 9.21 Å². The number of nitriles is 1. The first-order chi connectivity index (χ1) is 14.3. The van der Waals surface area contributed by atoms with E-state index in [1.54, 1.807) is 61.5 Å². The third-order valence-corrected chi connectivity index (χ3v) is 6.82. The molecule has 0 N–H and O–H groups in total. The number of hydrogen-bond acceptors (Lipinski definition) is 4. The summed E-state index contributed by atoms with van der Waals surface area (Å²) in [5.41, 5.74) is 3.54. The predicted octanol–water partition coefficient (Wildman–Crippen LogP) is 4.51. The number of sulfonamides is 1. The van der Waals surface area contributed by atoms with Crippen molar-refractivity contribution in [3.8, 4) is 6.07 Å². The molecule has 1 heterocycles. The van der Waals surface area contributed by atoms with Crippen LogP contribution in [0.4, 0.5) is 16.2 Å². The predicted molar refractivity (Wildman–Crippen MR) is 115 cm³/mol. The summed E-state index contributed by atoms with van der Waals surface area (Å²) in [6.45, 7) is 3.81. The van der Waals surface area contributed by atoms with Crippen molar-refractivity contribution in [2.75, 3.05) is 9.21 Å². The number of carbonyl (C=O) groups excluding carboxylic acids is 1. The van der Waals surface area contributed by atoms with E-state index in [0.29, 0.717) is 22.5 Å². The number of rotatable bonds is 3. The molecule has 0 radical (unpaired) electrons. The Morgan fingerprint density at radius 2 is 1.63 bits per heavy atom. The van der Waals surface area contributed by atoms with Gasteiger partial charge in [-0.2, -0.15) is 9.57 Å². The maximum Gasteiger partial charge on any atom is 0.343 e. The molecule has 6 nitrogen and oxygen atoms in total. The van der Waals surface area contributed by atoms with Gasteiger partial charge in [0.2, 0.25) is 0 Å². The monoisotopic (exact) mass is 417 g/mol. The first kappa shape index (κ1) is 19.7. The van der Waals surface area contributed by atoms with E-state index in [1.807, 2.05) is 13.0 Å². The molecule has 1 aliphatic heterocycles. The Bertz CT molecular complexity index is 1290. The number of benzene rings is 3. The number of carbonyl (C=O) groups is 1. The van der Waals surface area contributed by atoms with Gasteiger partial charge >= 0.3 is 6.03 Å². The van der Waals surface area contributed by atoms with Gasteiger partial charge in [-0.25, -0.2) is 13.2 Å². The van der Waals surface area contributed by atoms with E-state index in [0.717, 1.165) is 15.4 Å². The number of para-hydroxylation sites is 1. The van der Waals surface area contributed by atoms with Crippen molar-refractivity contribution in [2.24, 2.45) is 0 Å². The highest BCUT2D eigenvalue weighted by Gasteiger charge is 2.42. The number of hydrogen-bond donors (Lipinski definition) is 0. The van der Waals surface area contributed by atoms with Gasteiger partial charge in [-0.1, -0.05) is 36.4 Å². The number of nitrogens with zero attached hydrogens (tertiary/aromatic N) is 3. The molecule has 3 aromatic rings. The second kappa shape index (κ2) is 7.32. The Kier molecular flexibility index (Phi) is 4.80. The van der Waals surface area contributed by atoms with Gasteiger partial charge in [0.05, 0.1) is 29.6 Å². The van der Waals surface area contributed by atoms with E-state index in [-0.39, 0.29) is 11.4 Å². The van der Waals surface area contributed by atoms with Crippen LogP contribution >= 0.6 is 0 Å². The zero-order valence-corrected chi connectivity index (χ0v) is 17.3. The molecule has 1 aliphatic rings. The molecular weight excluding hydrogens is 398 g/mol. The van der Waals surface area contributed by atoms with Gasteiger partial charge in [-0.3, -0.25) is 4.90 Å². The molecule has 0 saturated heterocycles. The lowest BCUT2D eigenvalue weighted by Gasteiger charge is -2.37. The Labute approximate surface area is 175 Å². The molecule has 0 aliphatic carbocycles. The molecule has 7 heteroatoms. The lowest BCUT2D eigenvalue weighted by atomic mass is 10.1. The summed E-state index contributed by atoms with van der Waals surface area (Å²) in [6.07, 6.45) is 0. The molecule has 0 aromatic heterocycles. The highest BCUT2D eigenvalue weighted by atomic mass is 32.2. The zero-order chi connectivity index (χ0) is 21.5. The fourth-order valence-electron chi connectivity index (χ4n) is 3.50. The van der Waals surface area contributed by atoms with Gasteiger partial charge < -0.3 is 0 Å². The van der Waals surface area contributed by atoms with Crippen molar-refractivity contribution in [3.05, 3.63) is 89.0 Å². The summed E-state index contributed by atoms with van der Waals surface area (Å²) in [5.74, 6) is 0. The van der Waals surface area contributed by atoms with Crippen LogP contribution in [0, 0.1) is 25.2 Å². The van der Waals surface area contributed by atoms with Crippen LogP contribution in [0.3, 0.4) is 0 Å². The summed E-state index contributed by atoms with van der Waals surface area (Å²) in [7, 11) is -4.06. The van der Waals surface area contributed by atoms with Crippen molar-refractivity contribution in [1.82, 2.24) is 0 Å². The van der Waals surface area contributed by atoms with Gasteiger partial charge in [-0.05, 0) is 60.9 Å². The molecule has 0 bridgehead atoms. The Balaban J connectivity index is 1.87. The van der Waals surface area contributed by atoms with Crippen LogP contribution in [0.5, 0.6) is 0 Å². The molecule has 4 rings (SSSR count). The summed E-state index contributed by atoms with van der Waals surface area (Å²) in [5, 5.41) is 9.00. The third-order valence-electron chi connectivity index (χ3n) is 5.09. The number of anilines is 2. The summed E-state index contributed by atoms with van der Waals surface area (Å²) < 4.78 is 27.7. The van der Waals surface area contributed by atoms with Gasteiger partial charge in [0.25, 0.3) is 10.0 Å². The van der Waals surface area contributed by atoms with Crippen LogP contribution in [0.15, 0.2) is 71.6 Å². The standard InChI is InChI=1S/C23H19N3O3S/c1-16-7-8-17(2)21(13-16)26-23(27)25(15-19-11-9-18(14-24)10-12-19)20-5-3-4-6-22(20)30(26,28)29/h3-13H,15H2,1-2H3. The average molecular weight is 417 g/mol. The molecule has 30 heavy (non-hydrogen) atoms. The van der Waals surface area contributed by atoms with E-state index in [4.69, 9.17) is 5.26 Å². The van der Waals surface area contributed by atoms with Crippen LogP contribution in [0.2, 0.25) is 0 Å². The Morgan fingerprint density at radius 3 is 2.33 bits per heavy atom.